The van der Waals surface area contributed by atoms with Crippen molar-refractivity contribution in [3.8, 4) is 16.9 Å². The molecule has 29 heavy (non-hydrogen) atoms. The predicted molar refractivity (Wildman–Crippen MR) is 103 cm³/mol. The number of hydrogen-bond donors (Lipinski definition) is 2. The number of halogens is 3. The summed E-state index contributed by atoms with van der Waals surface area (Å²) >= 11 is 0. The molecule has 1 atom stereocenters. The number of fused-ring (bicyclic) bond motifs is 1. The van der Waals surface area contributed by atoms with E-state index in [1.54, 1.807) is 25.2 Å². The summed E-state index contributed by atoms with van der Waals surface area (Å²) in [7, 11) is 1.73. The van der Waals surface area contributed by atoms with Gasteiger partial charge in [0.25, 0.3) is 0 Å². The van der Waals surface area contributed by atoms with E-state index < -0.39 is 6.36 Å². The molecule has 0 radical (unpaired) electrons. The molecule has 1 unspecified atom stereocenters. The fourth-order valence-electron chi connectivity index (χ4n) is 2.91. The largest absolute Gasteiger partial charge is 0.573 e. The van der Waals surface area contributed by atoms with E-state index in [0.717, 1.165) is 29.4 Å². The van der Waals surface area contributed by atoms with E-state index in [1.165, 1.54) is 12.1 Å². The third kappa shape index (κ3) is 5.40. The lowest BCUT2D eigenvalue weighted by Gasteiger charge is -2.09. The molecule has 2 heterocycles. The van der Waals surface area contributed by atoms with Gasteiger partial charge in [-0.05, 0) is 48.7 Å². The van der Waals surface area contributed by atoms with Crippen molar-refractivity contribution < 1.29 is 27.2 Å². The molecule has 0 spiro atoms. The number of rotatable bonds is 3. The summed E-state index contributed by atoms with van der Waals surface area (Å²) in [5.41, 5.74) is 2.23. The smallest absolute Gasteiger partial charge is 0.406 e. The average Bonchev–Trinajstić information content (AvgIpc) is 3.26. The predicted octanol–water partition coefficient (Wildman–Crippen LogP) is 4.72. The maximum Gasteiger partial charge on any atom is 0.573 e. The first-order valence-electron chi connectivity index (χ1n) is 8.98. The van der Waals surface area contributed by atoms with Crippen LogP contribution in [0.5, 0.6) is 5.75 Å². The first-order valence-corrected chi connectivity index (χ1v) is 8.98. The highest BCUT2D eigenvalue weighted by Gasteiger charge is 2.30. The zero-order chi connectivity index (χ0) is 21.0. The summed E-state index contributed by atoms with van der Waals surface area (Å²) in [6.45, 7) is 2.02. The van der Waals surface area contributed by atoms with Crippen molar-refractivity contribution in [2.24, 2.45) is 0 Å². The Labute approximate surface area is 165 Å². The van der Waals surface area contributed by atoms with Crippen LogP contribution in [0.3, 0.4) is 0 Å². The molecular formula is C20H20F3N3O3. The number of amides is 1. The summed E-state index contributed by atoms with van der Waals surface area (Å²) in [6.07, 6.45) is -2.95. The van der Waals surface area contributed by atoms with Crippen LogP contribution in [0.4, 0.5) is 19.0 Å². The topological polar surface area (TPSA) is 76.4 Å². The highest BCUT2D eigenvalue weighted by molar-refractivity contribution is 5.91. The van der Waals surface area contributed by atoms with Crippen molar-refractivity contribution in [2.45, 2.75) is 32.2 Å². The molecule has 1 saturated heterocycles. The van der Waals surface area contributed by atoms with Crippen molar-refractivity contribution in [2.75, 3.05) is 12.4 Å². The van der Waals surface area contributed by atoms with Crippen LogP contribution in [0.1, 0.15) is 19.8 Å². The molecule has 2 N–H and O–H groups in total. The zero-order valence-electron chi connectivity index (χ0n) is 15.8. The number of carbonyl (C=O) groups is 1. The Morgan fingerprint density at radius 3 is 2.38 bits per heavy atom. The minimum atomic E-state index is -4.69. The Kier molecular flexibility index (Phi) is 5.95. The van der Waals surface area contributed by atoms with Gasteiger partial charge in [0.15, 0.2) is 11.4 Å². The van der Waals surface area contributed by atoms with Crippen molar-refractivity contribution in [3.63, 3.8) is 0 Å². The van der Waals surface area contributed by atoms with Crippen molar-refractivity contribution in [1.82, 2.24) is 10.5 Å². The maximum atomic E-state index is 12.1. The Morgan fingerprint density at radius 2 is 1.86 bits per heavy atom. The number of benzene rings is 2. The Morgan fingerprint density at radius 1 is 1.17 bits per heavy atom. The van der Waals surface area contributed by atoms with E-state index in [1.807, 2.05) is 19.1 Å². The highest BCUT2D eigenvalue weighted by atomic mass is 19.4. The summed E-state index contributed by atoms with van der Waals surface area (Å²) in [4.78, 5) is 10.3. The molecule has 1 amide bonds. The second-order valence-electron chi connectivity index (χ2n) is 6.57. The van der Waals surface area contributed by atoms with Crippen LogP contribution < -0.4 is 15.4 Å². The summed E-state index contributed by atoms with van der Waals surface area (Å²) in [5.74, 6) is 0.555. The quantitative estimate of drug-likeness (QED) is 0.657. The minimum absolute atomic E-state index is 0.201. The molecule has 1 aromatic heterocycles. The minimum Gasteiger partial charge on any atom is -0.406 e. The van der Waals surface area contributed by atoms with Gasteiger partial charge in [-0.15, -0.1) is 13.2 Å². The average molecular weight is 407 g/mol. The van der Waals surface area contributed by atoms with E-state index in [4.69, 9.17) is 4.52 Å². The molecule has 1 aliphatic rings. The first-order chi connectivity index (χ1) is 13.7. The number of nitrogens with zero attached hydrogens (tertiary/aromatic N) is 1. The Hall–Kier alpha value is -3.23. The fourth-order valence-corrected chi connectivity index (χ4v) is 2.91. The molecule has 154 valence electrons. The number of aromatic nitrogens is 1. The van der Waals surface area contributed by atoms with Gasteiger partial charge in [-0.2, -0.15) is 0 Å². The van der Waals surface area contributed by atoms with Gasteiger partial charge >= 0.3 is 6.36 Å². The second kappa shape index (κ2) is 8.42. The number of nitrogens with one attached hydrogen (secondary N) is 2. The van der Waals surface area contributed by atoms with E-state index in [-0.39, 0.29) is 11.7 Å². The number of hydrogen-bond acceptors (Lipinski definition) is 5. The van der Waals surface area contributed by atoms with Crippen molar-refractivity contribution >= 4 is 22.7 Å². The van der Waals surface area contributed by atoms with E-state index in [2.05, 4.69) is 20.5 Å². The van der Waals surface area contributed by atoms with Crippen molar-refractivity contribution in [3.05, 3.63) is 42.5 Å². The van der Waals surface area contributed by atoms with Crippen LogP contribution in [0.2, 0.25) is 0 Å². The Balaban J connectivity index is 0.000000290. The molecule has 0 saturated carbocycles. The number of alkyl halides is 3. The zero-order valence-corrected chi connectivity index (χ0v) is 15.8. The van der Waals surface area contributed by atoms with E-state index >= 15 is 0 Å². The van der Waals surface area contributed by atoms with Gasteiger partial charge < -0.3 is 19.9 Å². The standard InChI is InChI=1S/C15H11F3N2O2.C5H9NO/c1-19-14-12-8-10(4-7-13(12)22-20-14)9-2-5-11(6-3-9)21-15(16,17)18;1-4-2-3-5(7)6-4/h2-8H,1H3,(H,19,20);4H,2-3H2,1H3,(H,6,7). The van der Waals surface area contributed by atoms with Gasteiger partial charge in [-0.25, -0.2) is 0 Å². The van der Waals surface area contributed by atoms with Crippen LogP contribution in [0, 0.1) is 0 Å². The number of carbonyl (C=O) groups excluding carboxylic acids is 1. The number of ether oxygens (including phenoxy) is 1. The van der Waals surface area contributed by atoms with Crippen LogP contribution in [-0.2, 0) is 4.79 Å². The lowest BCUT2D eigenvalue weighted by atomic mass is 10.0. The van der Waals surface area contributed by atoms with Gasteiger partial charge in [0, 0.05) is 19.5 Å². The SMILES string of the molecule is CC1CCC(=O)N1.CNc1noc2ccc(-c3ccc(OC(F)(F)F)cc3)cc12. The molecule has 2 aromatic carbocycles. The van der Waals surface area contributed by atoms with Gasteiger partial charge in [0.05, 0.1) is 5.39 Å². The van der Waals surface area contributed by atoms with Crippen LogP contribution in [-0.4, -0.2) is 30.5 Å². The molecule has 1 fully saturated rings. The summed E-state index contributed by atoms with van der Waals surface area (Å²) in [6, 6.07) is 11.5. The molecule has 4 rings (SSSR count). The van der Waals surface area contributed by atoms with Gasteiger partial charge in [0.2, 0.25) is 5.91 Å². The molecule has 6 nitrogen and oxygen atoms in total. The molecule has 0 bridgehead atoms. The molecule has 9 heteroatoms. The van der Waals surface area contributed by atoms with E-state index in [9.17, 15) is 18.0 Å². The van der Waals surface area contributed by atoms with Crippen LogP contribution >= 0.6 is 0 Å². The molecule has 1 aliphatic heterocycles. The second-order valence-corrected chi connectivity index (χ2v) is 6.57. The summed E-state index contributed by atoms with van der Waals surface area (Å²) < 4.78 is 45.4. The molecule has 3 aromatic rings. The van der Waals surface area contributed by atoms with Crippen LogP contribution in [0.25, 0.3) is 22.1 Å². The van der Waals surface area contributed by atoms with Gasteiger partial charge in [0.1, 0.15) is 5.75 Å². The van der Waals surface area contributed by atoms with Gasteiger partial charge in [-0.1, -0.05) is 23.4 Å². The molecular weight excluding hydrogens is 387 g/mol. The summed E-state index contributed by atoms with van der Waals surface area (Å²) in [5, 5.41) is 10.4. The third-order valence-corrected chi connectivity index (χ3v) is 4.34. The molecule has 0 aliphatic carbocycles. The highest BCUT2D eigenvalue weighted by Crippen LogP contribution is 2.30. The first kappa shape index (κ1) is 20.5. The van der Waals surface area contributed by atoms with E-state index in [0.29, 0.717) is 17.4 Å². The van der Waals surface area contributed by atoms with Gasteiger partial charge in [-0.3, -0.25) is 4.79 Å². The Bertz CT molecular complexity index is 984. The van der Waals surface area contributed by atoms with Crippen molar-refractivity contribution in [1.29, 1.82) is 0 Å². The third-order valence-electron chi connectivity index (χ3n) is 4.34. The lowest BCUT2D eigenvalue weighted by Crippen LogP contribution is -2.21. The normalized spacial score (nSPS) is 16.2. The monoisotopic (exact) mass is 407 g/mol. The maximum absolute atomic E-state index is 12.1. The number of anilines is 1. The fraction of sp³-hybridized carbons (Fsp3) is 0.300. The lowest BCUT2D eigenvalue weighted by molar-refractivity contribution is -0.274. The van der Waals surface area contributed by atoms with Crippen LogP contribution in [0.15, 0.2) is 47.0 Å².